The standard InChI is InChI=1S/C30H26O5/c1-17(2)27(33)25-24(32)16-22(18-10-4-3-5-11-18)30(26(25)21-14-8-9-15-23(21)31)28(34)19-12-6-7-13-20(19)29(30)35/h3-15,17,22,26,31,33H,16H2,1-2H3/b27-25+/t22-,26+/m1/s1. The summed E-state index contributed by atoms with van der Waals surface area (Å²) < 4.78 is 0. The molecule has 0 radical (unpaired) electrons. The van der Waals surface area contributed by atoms with Crippen LogP contribution in [-0.2, 0) is 4.79 Å². The van der Waals surface area contributed by atoms with E-state index in [1.165, 1.54) is 6.07 Å². The zero-order valence-corrected chi connectivity index (χ0v) is 19.6. The van der Waals surface area contributed by atoms with Gasteiger partial charge in [-0.3, -0.25) is 14.4 Å². The summed E-state index contributed by atoms with van der Waals surface area (Å²) in [7, 11) is 0. The quantitative estimate of drug-likeness (QED) is 0.291. The molecule has 2 aliphatic carbocycles. The molecule has 5 heteroatoms. The second-order valence-electron chi connectivity index (χ2n) is 9.61. The number of carbonyl (C=O) groups excluding carboxylic acids is 3. The Morgan fingerprint density at radius 2 is 1.37 bits per heavy atom. The second-order valence-corrected chi connectivity index (χ2v) is 9.61. The third-order valence-corrected chi connectivity index (χ3v) is 7.42. The number of aliphatic hydroxyl groups is 1. The van der Waals surface area contributed by atoms with Crippen molar-refractivity contribution in [1.82, 2.24) is 0 Å². The van der Waals surface area contributed by atoms with E-state index in [0.717, 1.165) is 0 Å². The molecule has 0 bridgehead atoms. The van der Waals surface area contributed by atoms with Gasteiger partial charge in [-0.05, 0) is 11.6 Å². The fourth-order valence-electron chi connectivity index (χ4n) is 5.85. The lowest BCUT2D eigenvalue weighted by Gasteiger charge is -2.46. The highest BCUT2D eigenvalue weighted by Gasteiger charge is 2.66. The fourth-order valence-corrected chi connectivity index (χ4v) is 5.85. The van der Waals surface area contributed by atoms with Crippen LogP contribution >= 0.6 is 0 Å². The monoisotopic (exact) mass is 466 g/mol. The predicted molar refractivity (Wildman–Crippen MR) is 132 cm³/mol. The lowest BCUT2D eigenvalue weighted by molar-refractivity contribution is -0.118. The van der Waals surface area contributed by atoms with E-state index >= 15 is 0 Å². The molecule has 0 aromatic heterocycles. The molecule has 3 aromatic carbocycles. The van der Waals surface area contributed by atoms with Crippen LogP contribution in [0.25, 0.3) is 0 Å². The first kappa shape index (κ1) is 22.8. The van der Waals surface area contributed by atoms with Crippen LogP contribution in [0, 0.1) is 11.3 Å². The first-order valence-electron chi connectivity index (χ1n) is 11.8. The van der Waals surface area contributed by atoms with Gasteiger partial charge in [-0.2, -0.15) is 0 Å². The molecule has 1 saturated carbocycles. The van der Waals surface area contributed by atoms with Crippen molar-refractivity contribution in [3.05, 3.63) is 112 Å². The Balaban J connectivity index is 1.92. The summed E-state index contributed by atoms with van der Waals surface area (Å²) in [6.45, 7) is 3.50. The highest BCUT2D eigenvalue weighted by Crippen LogP contribution is 2.63. The van der Waals surface area contributed by atoms with E-state index < -0.39 is 23.2 Å². The summed E-state index contributed by atoms with van der Waals surface area (Å²) in [4.78, 5) is 42.5. The smallest absolute Gasteiger partial charge is 0.179 e. The number of benzene rings is 3. The number of para-hydroxylation sites is 1. The minimum atomic E-state index is -1.73. The zero-order valence-electron chi connectivity index (χ0n) is 19.6. The predicted octanol–water partition coefficient (Wildman–Crippen LogP) is 5.77. The summed E-state index contributed by atoms with van der Waals surface area (Å²) in [5, 5.41) is 22.1. The number of phenols is 1. The second kappa shape index (κ2) is 8.35. The summed E-state index contributed by atoms with van der Waals surface area (Å²) in [5.41, 5.74) is -0.121. The molecule has 5 nitrogen and oxygen atoms in total. The molecule has 35 heavy (non-hydrogen) atoms. The van der Waals surface area contributed by atoms with Gasteiger partial charge in [0.15, 0.2) is 17.3 Å². The molecule has 0 amide bonds. The number of hydrogen-bond donors (Lipinski definition) is 2. The Hall–Kier alpha value is -3.99. The third kappa shape index (κ3) is 3.18. The molecule has 0 aliphatic heterocycles. The molecule has 0 unspecified atom stereocenters. The number of hydrogen-bond acceptors (Lipinski definition) is 5. The number of aromatic hydroxyl groups is 1. The van der Waals surface area contributed by atoms with Crippen LogP contribution in [0.5, 0.6) is 5.75 Å². The van der Waals surface area contributed by atoms with Gasteiger partial charge >= 0.3 is 0 Å². The Labute approximate surface area is 203 Å². The lowest BCUT2D eigenvalue weighted by atomic mass is 9.52. The minimum Gasteiger partial charge on any atom is -0.512 e. The molecule has 0 saturated heterocycles. The SMILES string of the molecule is CC(C)/C(O)=C1/C(=O)C[C@H](c2ccccc2)C2(C(=O)c3ccccc3C2=O)[C@H]1c1ccccc1O. The number of ketones is 3. The van der Waals surface area contributed by atoms with E-state index in [1.54, 1.807) is 56.3 Å². The van der Waals surface area contributed by atoms with Crippen LogP contribution < -0.4 is 0 Å². The van der Waals surface area contributed by atoms with Crippen molar-refractivity contribution in [2.75, 3.05) is 0 Å². The van der Waals surface area contributed by atoms with E-state index in [1.807, 2.05) is 30.3 Å². The summed E-state index contributed by atoms with van der Waals surface area (Å²) in [6, 6.07) is 22.2. The van der Waals surface area contributed by atoms with Gasteiger partial charge in [0.25, 0.3) is 0 Å². The Morgan fingerprint density at radius 3 is 1.94 bits per heavy atom. The van der Waals surface area contributed by atoms with Crippen molar-refractivity contribution in [2.24, 2.45) is 11.3 Å². The largest absolute Gasteiger partial charge is 0.512 e. The van der Waals surface area contributed by atoms with Gasteiger partial charge in [0, 0.05) is 46.4 Å². The summed E-state index contributed by atoms with van der Waals surface area (Å²) >= 11 is 0. The van der Waals surface area contributed by atoms with E-state index in [9.17, 15) is 24.6 Å². The van der Waals surface area contributed by atoms with Crippen LogP contribution in [0.1, 0.15) is 63.9 Å². The van der Waals surface area contributed by atoms with Crippen molar-refractivity contribution in [2.45, 2.75) is 32.1 Å². The van der Waals surface area contributed by atoms with Crippen LogP contribution in [0.2, 0.25) is 0 Å². The number of carbonyl (C=O) groups is 3. The van der Waals surface area contributed by atoms with Gasteiger partial charge in [-0.1, -0.05) is 86.6 Å². The number of Topliss-reactive ketones (excluding diaryl/α,β-unsaturated/α-hetero) is 3. The van der Waals surface area contributed by atoms with Crippen LogP contribution in [0.4, 0.5) is 0 Å². The number of phenolic OH excluding ortho intramolecular Hbond substituents is 1. The van der Waals surface area contributed by atoms with E-state index in [2.05, 4.69) is 0 Å². The molecular formula is C30H26O5. The number of allylic oxidation sites excluding steroid dienone is 2. The Morgan fingerprint density at radius 1 is 0.829 bits per heavy atom. The van der Waals surface area contributed by atoms with E-state index in [0.29, 0.717) is 16.7 Å². The van der Waals surface area contributed by atoms with Crippen LogP contribution in [0.15, 0.2) is 90.2 Å². The average molecular weight is 467 g/mol. The van der Waals surface area contributed by atoms with Gasteiger partial charge in [0.05, 0.1) is 0 Å². The maximum Gasteiger partial charge on any atom is 0.179 e. The third-order valence-electron chi connectivity index (χ3n) is 7.42. The average Bonchev–Trinajstić information content (AvgIpc) is 3.08. The number of fused-ring (bicyclic) bond motifs is 1. The highest BCUT2D eigenvalue weighted by molar-refractivity contribution is 6.32. The Bertz CT molecular complexity index is 1350. The lowest BCUT2D eigenvalue weighted by Crippen LogP contribution is -2.51. The number of rotatable bonds is 3. The van der Waals surface area contributed by atoms with Crippen molar-refractivity contribution in [3.63, 3.8) is 0 Å². The van der Waals surface area contributed by atoms with Crippen molar-refractivity contribution in [1.29, 1.82) is 0 Å². The fraction of sp³-hybridized carbons (Fsp3) is 0.233. The van der Waals surface area contributed by atoms with Gasteiger partial charge in [0.2, 0.25) is 0 Å². The van der Waals surface area contributed by atoms with Crippen molar-refractivity contribution in [3.8, 4) is 5.75 Å². The summed E-state index contributed by atoms with van der Waals surface area (Å²) in [6.07, 6.45) is -0.105. The van der Waals surface area contributed by atoms with Gasteiger partial charge < -0.3 is 10.2 Å². The first-order chi connectivity index (χ1) is 16.8. The normalized spacial score (nSPS) is 22.5. The molecule has 2 aliphatic rings. The van der Waals surface area contributed by atoms with Crippen LogP contribution in [-0.4, -0.2) is 27.6 Å². The molecule has 3 aromatic rings. The zero-order chi connectivity index (χ0) is 24.9. The molecular weight excluding hydrogens is 440 g/mol. The first-order valence-corrected chi connectivity index (χ1v) is 11.8. The topological polar surface area (TPSA) is 91.7 Å². The molecule has 0 heterocycles. The van der Waals surface area contributed by atoms with Crippen molar-refractivity contribution < 1.29 is 24.6 Å². The minimum absolute atomic E-state index is 0.0307. The molecule has 1 fully saturated rings. The number of aliphatic hydroxyl groups excluding tert-OH is 1. The van der Waals surface area contributed by atoms with Gasteiger partial charge in [0.1, 0.15) is 16.9 Å². The molecule has 2 N–H and O–H groups in total. The molecule has 176 valence electrons. The van der Waals surface area contributed by atoms with Gasteiger partial charge in [-0.15, -0.1) is 0 Å². The maximum atomic E-state index is 14.4. The maximum absolute atomic E-state index is 14.4. The summed E-state index contributed by atoms with van der Waals surface area (Å²) in [5.74, 6) is -3.73. The Kier molecular flexibility index (Phi) is 5.43. The van der Waals surface area contributed by atoms with E-state index in [-0.39, 0.29) is 46.4 Å². The molecule has 1 spiro atoms. The molecule has 5 rings (SSSR count). The highest BCUT2D eigenvalue weighted by atomic mass is 16.3. The van der Waals surface area contributed by atoms with E-state index in [4.69, 9.17) is 0 Å². The van der Waals surface area contributed by atoms with Crippen LogP contribution in [0.3, 0.4) is 0 Å². The molecule has 2 atom stereocenters. The van der Waals surface area contributed by atoms with Gasteiger partial charge in [-0.25, -0.2) is 0 Å². The van der Waals surface area contributed by atoms with Crippen molar-refractivity contribution >= 4 is 17.3 Å².